The van der Waals surface area contributed by atoms with Crippen LogP contribution in [0.5, 0.6) is 5.75 Å². The lowest BCUT2D eigenvalue weighted by Gasteiger charge is -2.09. The number of aryl methyl sites for hydroxylation is 1. The maximum atomic E-state index is 10.9. The van der Waals surface area contributed by atoms with E-state index in [1.54, 1.807) is 7.11 Å². The summed E-state index contributed by atoms with van der Waals surface area (Å²) in [6.45, 7) is 2.26. The van der Waals surface area contributed by atoms with Gasteiger partial charge in [0, 0.05) is 5.69 Å². The Morgan fingerprint density at radius 3 is 2.84 bits per heavy atom. The fourth-order valence-corrected chi connectivity index (χ4v) is 1.84. The third-order valence-corrected chi connectivity index (χ3v) is 2.82. The summed E-state index contributed by atoms with van der Waals surface area (Å²) in [5.41, 5.74) is 2.06. The number of furan rings is 1. The van der Waals surface area contributed by atoms with Crippen molar-refractivity contribution in [3.8, 4) is 5.75 Å². The van der Waals surface area contributed by atoms with Crippen molar-refractivity contribution in [2.45, 2.75) is 13.5 Å². The van der Waals surface area contributed by atoms with Crippen LogP contribution in [0.1, 0.15) is 21.7 Å². The van der Waals surface area contributed by atoms with Crippen LogP contribution in [0.25, 0.3) is 0 Å². The maximum absolute atomic E-state index is 10.9. The molecule has 1 heterocycles. The van der Waals surface area contributed by atoms with E-state index in [4.69, 9.17) is 14.3 Å². The first kappa shape index (κ1) is 13.0. The third kappa shape index (κ3) is 2.88. The average molecular weight is 261 g/mol. The van der Waals surface area contributed by atoms with E-state index >= 15 is 0 Å². The Kier molecular flexibility index (Phi) is 3.75. The van der Waals surface area contributed by atoms with Crippen LogP contribution < -0.4 is 10.1 Å². The van der Waals surface area contributed by atoms with E-state index in [0.29, 0.717) is 12.3 Å². The minimum Gasteiger partial charge on any atom is -0.496 e. The Morgan fingerprint density at radius 1 is 1.42 bits per heavy atom. The molecule has 5 nitrogen and oxygen atoms in total. The molecule has 1 aromatic carbocycles. The van der Waals surface area contributed by atoms with Gasteiger partial charge in [0.05, 0.1) is 19.9 Å². The van der Waals surface area contributed by atoms with E-state index in [-0.39, 0.29) is 5.56 Å². The molecule has 0 fully saturated rings. The molecule has 0 amide bonds. The fourth-order valence-electron chi connectivity index (χ4n) is 1.84. The molecule has 0 aliphatic rings. The van der Waals surface area contributed by atoms with Crippen LogP contribution in [-0.4, -0.2) is 18.2 Å². The average Bonchev–Trinajstić information content (AvgIpc) is 2.85. The van der Waals surface area contributed by atoms with Gasteiger partial charge in [0.25, 0.3) is 0 Å². The Bertz CT molecular complexity index is 589. The lowest BCUT2D eigenvalue weighted by Crippen LogP contribution is -2.04. The molecule has 2 rings (SSSR count). The Labute approximate surface area is 110 Å². The van der Waals surface area contributed by atoms with Gasteiger partial charge in [-0.2, -0.15) is 0 Å². The van der Waals surface area contributed by atoms with E-state index in [9.17, 15) is 4.79 Å². The molecule has 0 atom stereocenters. The van der Waals surface area contributed by atoms with Crippen LogP contribution in [-0.2, 0) is 6.54 Å². The molecule has 1 aromatic heterocycles. The summed E-state index contributed by atoms with van der Waals surface area (Å²) in [6.07, 6.45) is 1.37. The number of anilines is 1. The SMILES string of the molecule is COc1ccc(NCc2occc2C(=O)O)cc1C. The first-order valence-corrected chi connectivity index (χ1v) is 5.80. The molecule has 0 aliphatic heterocycles. The van der Waals surface area contributed by atoms with Crippen molar-refractivity contribution in [3.05, 3.63) is 47.4 Å². The first-order valence-electron chi connectivity index (χ1n) is 5.80. The van der Waals surface area contributed by atoms with Crippen molar-refractivity contribution >= 4 is 11.7 Å². The van der Waals surface area contributed by atoms with Crippen LogP contribution >= 0.6 is 0 Å². The molecule has 0 spiro atoms. The van der Waals surface area contributed by atoms with Crippen LogP contribution in [0.3, 0.4) is 0 Å². The number of nitrogens with one attached hydrogen (secondary N) is 1. The second-order valence-electron chi connectivity index (χ2n) is 4.10. The zero-order valence-electron chi connectivity index (χ0n) is 10.8. The normalized spacial score (nSPS) is 10.2. The molecule has 19 heavy (non-hydrogen) atoms. The number of hydrogen-bond acceptors (Lipinski definition) is 4. The summed E-state index contributed by atoms with van der Waals surface area (Å²) in [5.74, 6) is 0.229. The molecule has 0 radical (unpaired) electrons. The first-order chi connectivity index (χ1) is 9.11. The summed E-state index contributed by atoms with van der Waals surface area (Å²) in [5, 5.41) is 12.1. The van der Waals surface area contributed by atoms with Crippen LogP contribution in [0.4, 0.5) is 5.69 Å². The van der Waals surface area contributed by atoms with Gasteiger partial charge in [0.1, 0.15) is 17.1 Å². The zero-order valence-corrected chi connectivity index (χ0v) is 10.8. The fraction of sp³-hybridized carbons (Fsp3) is 0.214. The predicted molar refractivity (Wildman–Crippen MR) is 70.7 cm³/mol. The summed E-state index contributed by atoms with van der Waals surface area (Å²) < 4.78 is 10.3. The molecular formula is C14H15NO4. The van der Waals surface area contributed by atoms with Crippen molar-refractivity contribution in [2.24, 2.45) is 0 Å². The summed E-state index contributed by atoms with van der Waals surface area (Å²) in [6, 6.07) is 7.11. The number of methoxy groups -OCH3 is 1. The summed E-state index contributed by atoms with van der Waals surface area (Å²) in [4.78, 5) is 10.9. The minimum atomic E-state index is -0.989. The standard InChI is InChI=1S/C14H15NO4/c1-9-7-10(3-4-12(9)18-2)15-8-13-11(14(16)17)5-6-19-13/h3-7,15H,8H2,1-2H3,(H,16,17). The topological polar surface area (TPSA) is 71.7 Å². The molecule has 0 saturated heterocycles. The number of carboxylic acids is 1. The summed E-state index contributed by atoms with van der Waals surface area (Å²) in [7, 11) is 1.62. The van der Waals surface area contributed by atoms with Gasteiger partial charge in [-0.25, -0.2) is 4.79 Å². The minimum absolute atomic E-state index is 0.178. The number of ether oxygens (including phenoxy) is 1. The van der Waals surface area contributed by atoms with Crippen molar-refractivity contribution < 1.29 is 19.1 Å². The molecule has 0 unspecified atom stereocenters. The monoisotopic (exact) mass is 261 g/mol. The van der Waals surface area contributed by atoms with Gasteiger partial charge in [0.2, 0.25) is 0 Å². The number of rotatable bonds is 5. The van der Waals surface area contributed by atoms with Gasteiger partial charge in [-0.1, -0.05) is 0 Å². The number of benzene rings is 1. The predicted octanol–water partition coefficient (Wildman–Crippen LogP) is 2.91. The third-order valence-electron chi connectivity index (χ3n) is 2.82. The van der Waals surface area contributed by atoms with Gasteiger partial charge < -0.3 is 19.6 Å². The van der Waals surface area contributed by atoms with Crippen LogP contribution in [0, 0.1) is 6.92 Å². The van der Waals surface area contributed by atoms with Gasteiger partial charge in [0.15, 0.2) is 0 Å². The lowest BCUT2D eigenvalue weighted by atomic mass is 10.2. The molecular weight excluding hydrogens is 246 g/mol. The van der Waals surface area contributed by atoms with Crippen LogP contribution in [0.2, 0.25) is 0 Å². The Morgan fingerprint density at radius 2 is 2.21 bits per heavy atom. The number of aromatic carboxylic acids is 1. The zero-order chi connectivity index (χ0) is 13.8. The number of carbonyl (C=O) groups is 1. The largest absolute Gasteiger partial charge is 0.496 e. The van der Waals surface area contributed by atoms with Crippen molar-refractivity contribution in [2.75, 3.05) is 12.4 Å². The molecule has 0 saturated carbocycles. The van der Waals surface area contributed by atoms with E-state index < -0.39 is 5.97 Å². The van der Waals surface area contributed by atoms with E-state index in [2.05, 4.69) is 5.32 Å². The smallest absolute Gasteiger partial charge is 0.339 e. The van der Waals surface area contributed by atoms with E-state index in [1.165, 1.54) is 12.3 Å². The highest BCUT2D eigenvalue weighted by molar-refractivity contribution is 5.88. The second-order valence-corrected chi connectivity index (χ2v) is 4.10. The summed E-state index contributed by atoms with van der Waals surface area (Å²) >= 11 is 0. The maximum Gasteiger partial charge on any atom is 0.339 e. The van der Waals surface area contributed by atoms with Gasteiger partial charge in [-0.15, -0.1) is 0 Å². The highest BCUT2D eigenvalue weighted by Gasteiger charge is 2.12. The van der Waals surface area contributed by atoms with E-state index in [1.807, 2.05) is 25.1 Å². The molecule has 0 bridgehead atoms. The molecule has 2 aromatic rings. The van der Waals surface area contributed by atoms with Crippen molar-refractivity contribution in [3.63, 3.8) is 0 Å². The molecule has 2 N–H and O–H groups in total. The second kappa shape index (κ2) is 5.48. The van der Waals surface area contributed by atoms with Crippen LogP contribution in [0.15, 0.2) is 34.9 Å². The van der Waals surface area contributed by atoms with E-state index in [0.717, 1.165) is 17.0 Å². The lowest BCUT2D eigenvalue weighted by molar-refractivity contribution is 0.0694. The van der Waals surface area contributed by atoms with Crippen molar-refractivity contribution in [1.82, 2.24) is 0 Å². The number of carboxylic acid groups (broad SMARTS) is 1. The quantitative estimate of drug-likeness (QED) is 0.865. The number of hydrogen-bond donors (Lipinski definition) is 2. The van der Waals surface area contributed by atoms with Gasteiger partial charge in [-0.3, -0.25) is 0 Å². The van der Waals surface area contributed by atoms with Gasteiger partial charge >= 0.3 is 5.97 Å². The molecule has 0 aliphatic carbocycles. The molecule has 5 heteroatoms. The van der Waals surface area contributed by atoms with Crippen molar-refractivity contribution in [1.29, 1.82) is 0 Å². The highest BCUT2D eigenvalue weighted by atomic mass is 16.5. The highest BCUT2D eigenvalue weighted by Crippen LogP contribution is 2.22. The van der Waals surface area contributed by atoms with Gasteiger partial charge in [-0.05, 0) is 36.8 Å². The Balaban J connectivity index is 2.08. The molecule has 100 valence electrons. The Hall–Kier alpha value is -2.43.